The number of benzene rings is 1. The van der Waals surface area contributed by atoms with Crippen LogP contribution in [0, 0.1) is 5.92 Å². The number of fused-ring (bicyclic) bond motifs is 1. The van der Waals surface area contributed by atoms with Crippen LogP contribution in [0.15, 0.2) is 27.9 Å². The molecular weight excluding hydrogens is 294 g/mol. The SMILES string of the molecule is O=c1[nH]c2ccc(S(=O)(=O)N3CCC[C@@H](CO)C3)cc2[nH]1. The Kier molecular flexibility index (Phi) is 3.60. The first-order valence-electron chi connectivity index (χ1n) is 6.84. The average molecular weight is 311 g/mol. The van der Waals surface area contributed by atoms with Gasteiger partial charge in [-0.25, -0.2) is 13.2 Å². The molecule has 0 spiro atoms. The van der Waals surface area contributed by atoms with Gasteiger partial charge in [-0.15, -0.1) is 0 Å². The van der Waals surface area contributed by atoms with Gasteiger partial charge >= 0.3 is 5.69 Å². The molecule has 114 valence electrons. The van der Waals surface area contributed by atoms with E-state index in [1.807, 2.05) is 0 Å². The fourth-order valence-electron chi connectivity index (χ4n) is 2.72. The number of nitrogens with one attached hydrogen (secondary N) is 2. The third-order valence-electron chi connectivity index (χ3n) is 3.87. The second-order valence-electron chi connectivity index (χ2n) is 5.34. The molecule has 1 fully saturated rings. The number of piperidine rings is 1. The molecule has 2 heterocycles. The highest BCUT2D eigenvalue weighted by atomic mass is 32.2. The van der Waals surface area contributed by atoms with Crippen LogP contribution in [0.2, 0.25) is 0 Å². The predicted molar refractivity (Wildman–Crippen MR) is 77.5 cm³/mol. The van der Waals surface area contributed by atoms with Crippen molar-refractivity contribution in [3.8, 4) is 0 Å². The van der Waals surface area contributed by atoms with Crippen LogP contribution in [0.1, 0.15) is 12.8 Å². The van der Waals surface area contributed by atoms with Crippen molar-refractivity contribution in [3.05, 3.63) is 28.7 Å². The van der Waals surface area contributed by atoms with E-state index >= 15 is 0 Å². The molecule has 1 aromatic heterocycles. The Labute approximate surface area is 121 Å². The maximum Gasteiger partial charge on any atom is 0.323 e. The third kappa shape index (κ3) is 2.61. The first-order valence-corrected chi connectivity index (χ1v) is 8.28. The largest absolute Gasteiger partial charge is 0.396 e. The highest BCUT2D eigenvalue weighted by Gasteiger charge is 2.30. The van der Waals surface area contributed by atoms with E-state index in [-0.39, 0.29) is 23.1 Å². The van der Waals surface area contributed by atoms with E-state index in [1.54, 1.807) is 6.07 Å². The number of hydrogen-bond acceptors (Lipinski definition) is 4. The lowest BCUT2D eigenvalue weighted by Crippen LogP contribution is -2.40. The van der Waals surface area contributed by atoms with E-state index in [1.165, 1.54) is 16.4 Å². The maximum absolute atomic E-state index is 12.6. The number of aliphatic hydroxyl groups is 1. The van der Waals surface area contributed by atoms with Crippen LogP contribution in [0.3, 0.4) is 0 Å². The van der Waals surface area contributed by atoms with E-state index in [4.69, 9.17) is 0 Å². The molecule has 0 radical (unpaired) electrons. The number of sulfonamides is 1. The first-order chi connectivity index (χ1) is 10.0. The lowest BCUT2D eigenvalue weighted by molar-refractivity contribution is 0.165. The smallest absolute Gasteiger partial charge is 0.323 e. The highest BCUT2D eigenvalue weighted by Crippen LogP contribution is 2.24. The van der Waals surface area contributed by atoms with Crippen molar-refractivity contribution in [1.82, 2.24) is 14.3 Å². The zero-order valence-electron chi connectivity index (χ0n) is 11.4. The maximum atomic E-state index is 12.6. The van der Waals surface area contributed by atoms with Gasteiger partial charge in [0, 0.05) is 19.7 Å². The minimum atomic E-state index is -3.60. The molecule has 1 aromatic carbocycles. The summed E-state index contributed by atoms with van der Waals surface area (Å²) in [5, 5.41) is 9.22. The van der Waals surface area contributed by atoms with Gasteiger partial charge in [-0.05, 0) is 37.0 Å². The van der Waals surface area contributed by atoms with E-state index in [0.717, 1.165) is 12.8 Å². The minimum Gasteiger partial charge on any atom is -0.396 e. The molecule has 2 aromatic rings. The molecule has 7 nitrogen and oxygen atoms in total. The Bertz CT molecular complexity index is 808. The van der Waals surface area contributed by atoms with Crippen LogP contribution in [-0.2, 0) is 10.0 Å². The Morgan fingerprint density at radius 2 is 2.05 bits per heavy atom. The molecule has 3 rings (SSSR count). The average Bonchev–Trinajstić information content (AvgIpc) is 2.86. The summed E-state index contributed by atoms with van der Waals surface area (Å²) in [4.78, 5) is 16.5. The number of H-pyrrole nitrogens is 2. The van der Waals surface area contributed by atoms with Gasteiger partial charge in [0.1, 0.15) is 0 Å². The number of nitrogens with zero attached hydrogens (tertiary/aromatic N) is 1. The summed E-state index contributed by atoms with van der Waals surface area (Å²) in [6.45, 7) is 0.789. The number of aromatic nitrogens is 2. The molecular formula is C13H17N3O4S. The predicted octanol–water partition coefficient (Wildman–Crippen LogP) is 0.249. The first kappa shape index (κ1) is 14.3. The van der Waals surface area contributed by atoms with Crippen molar-refractivity contribution in [3.63, 3.8) is 0 Å². The molecule has 0 unspecified atom stereocenters. The second-order valence-corrected chi connectivity index (χ2v) is 7.28. The number of imidazole rings is 1. The summed E-state index contributed by atoms with van der Waals surface area (Å²) in [5.41, 5.74) is 0.681. The van der Waals surface area contributed by atoms with Crippen LogP contribution in [-0.4, -0.2) is 47.5 Å². The Hall–Kier alpha value is -1.64. The number of aromatic amines is 2. The highest BCUT2D eigenvalue weighted by molar-refractivity contribution is 7.89. The van der Waals surface area contributed by atoms with Crippen molar-refractivity contribution in [2.24, 2.45) is 5.92 Å². The quantitative estimate of drug-likeness (QED) is 0.755. The van der Waals surface area contributed by atoms with Gasteiger partial charge in [0.25, 0.3) is 0 Å². The molecule has 1 atom stereocenters. The van der Waals surface area contributed by atoms with Crippen molar-refractivity contribution in [2.45, 2.75) is 17.7 Å². The van der Waals surface area contributed by atoms with Gasteiger partial charge in [0.05, 0.1) is 15.9 Å². The van der Waals surface area contributed by atoms with E-state index in [2.05, 4.69) is 9.97 Å². The lowest BCUT2D eigenvalue weighted by Gasteiger charge is -2.30. The Morgan fingerprint density at radius 3 is 2.81 bits per heavy atom. The summed E-state index contributed by atoms with van der Waals surface area (Å²) in [7, 11) is -3.60. The number of aliphatic hydroxyl groups excluding tert-OH is 1. The van der Waals surface area contributed by atoms with Gasteiger partial charge in [-0.3, -0.25) is 0 Å². The fraction of sp³-hybridized carbons (Fsp3) is 0.462. The molecule has 1 aliphatic heterocycles. The van der Waals surface area contributed by atoms with Gasteiger partial charge in [-0.1, -0.05) is 0 Å². The molecule has 21 heavy (non-hydrogen) atoms. The molecule has 0 aliphatic carbocycles. The molecule has 0 saturated carbocycles. The minimum absolute atomic E-state index is 0.00378. The van der Waals surface area contributed by atoms with Crippen molar-refractivity contribution in [1.29, 1.82) is 0 Å². The van der Waals surface area contributed by atoms with E-state index < -0.39 is 10.0 Å². The van der Waals surface area contributed by atoms with Crippen molar-refractivity contribution < 1.29 is 13.5 Å². The Balaban J connectivity index is 1.97. The summed E-state index contributed by atoms with van der Waals surface area (Å²) >= 11 is 0. The van der Waals surface area contributed by atoms with Gasteiger partial charge in [0.15, 0.2) is 0 Å². The lowest BCUT2D eigenvalue weighted by atomic mass is 10.0. The molecule has 0 bridgehead atoms. The normalized spacial score (nSPS) is 20.9. The van der Waals surface area contributed by atoms with Crippen molar-refractivity contribution in [2.75, 3.05) is 19.7 Å². The van der Waals surface area contributed by atoms with Crippen LogP contribution in [0.5, 0.6) is 0 Å². The molecule has 8 heteroatoms. The topological polar surface area (TPSA) is 106 Å². The van der Waals surface area contributed by atoms with Crippen LogP contribution < -0.4 is 5.69 Å². The fourth-order valence-corrected chi connectivity index (χ4v) is 4.30. The number of hydrogen-bond donors (Lipinski definition) is 3. The van der Waals surface area contributed by atoms with Crippen molar-refractivity contribution >= 4 is 21.1 Å². The van der Waals surface area contributed by atoms with Gasteiger partial charge in [0.2, 0.25) is 10.0 Å². The zero-order valence-corrected chi connectivity index (χ0v) is 12.2. The van der Waals surface area contributed by atoms with Gasteiger partial charge in [-0.2, -0.15) is 4.31 Å². The molecule has 1 aliphatic rings. The summed E-state index contributed by atoms with van der Waals surface area (Å²) in [6.07, 6.45) is 1.58. The van der Waals surface area contributed by atoms with E-state index in [9.17, 15) is 18.3 Å². The summed E-state index contributed by atoms with van der Waals surface area (Å²) in [6, 6.07) is 4.53. The van der Waals surface area contributed by atoms with Crippen LogP contribution in [0.25, 0.3) is 11.0 Å². The zero-order chi connectivity index (χ0) is 15.0. The summed E-state index contributed by atoms with van der Waals surface area (Å²) < 4.78 is 26.7. The van der Waals surface area contributed by atoms with E-state index in [0.29, 0.717) is 24.1 Å². The Morgan fingerprint density at radius 1 is 1.29 bits per heavy atom. The second kappa shape index (κ2) is 5.28. The van der Waals surface area contributed by atoms with Crippen LogP contribution >= 0.6 is 0 Å². The third-order valence-corrected chi connectivity index (χ3v) is 5.73. The standard InChI is InChI=1S/C13H17N3O4S/c17-8-9-2-1-5-16(7-9)21(19,20)10-3-4-11-12(6-10)15-13(18)14-11/h3-4,6,9,17H,1-2,5,7-8H2,(H2,14,15,18)/t9-/m1/s1. The molecule has 1 saturated heterocycles. The number of rotatable bonds is 3. The monoisotopic (exact) mass is 311 g/mol. The molecule has 0 amide bonds. The molecule has 3 N–H and O–H groups in total. The summed E-state index contributed by atoms with van der Waals surface area (Å²) in [5.74, 6) is -0.00989. The van der Waals surface area contributed by atoms with Gasteiger partial charge < -0.3 is 15.1 Å². The van der Waals surface area contributed by atoms with Crippen LogP contribution in [0.4, 0.5) is 0 Å².